The van der Waals surface area contributed by atoms with Crippen molar-refractivity contribution in [2.45, 2.75) is 50.5 Å². The summed E-state index contributed by atoms with van der Waals surface area (Å²) in [6.07, 6.45) is 8.00. The van der Waals surface area contributed by atoms with Gasteiger partial charge in [0, 0.05) is 12.3 Å². The molecular weight excluding hydrogens is 224 g/mol. The van der Waals surface area contributed by atoms with Crippen molar-refractivity contribution >= 4 is 5.91 Å². The molecule has 1 aliphatic heterocycles. The predicted octanol–water partition coefficient (Wildman–Crippen LogP) is 2.23. The van der Waals surface area contributed by atoms with Crippen LogP contribution in [0.1, 0.15) is 44.9 Å². The predicted molar refractivity (Wildman–Crippen MR) is 66.3 cm³/mol. The zero-order valence-electron chi connectivity index (χ0n) is 10.7. The molecule has 4 saturated carbocycles. The van der Waals surface area contributed by atoms with Gasteiger partial charge >= 0.3 is 0 Å². The van der Waals surface area contributed by atoms with Crippen molar-refractivity contribution in [3.63, 3.8) is 0 Å². The number of nitrogens with one attached hydrogen (secondary N) is 1. The van der Waals surface area contributed by atoms with Gasteiger partial charge in [0.1, 0.15) is 5.54 Å². The average molecular weight is 244 g/mol. The number of amides is 1. The monoisotopic (exact) mass is 244 g/mol. The molecule has 5 fully saturated rings. The summed E-state index contributed by atoms with van der Waals surface area (Å²) in [5.41, 5.74) is -0.514. The number of carbonyl (C=O) groups is 1. The van der Waals surface area contributed by atoms with Crippen LogP contribution < -0.4 is 5.32 Å². The third-order valence-electron chi connectivity index (χ3n) is 6.10. The summed E-state index contributed by atoms with van der Waals surface area (Å²) >= 11 is 0. The summed E-state index contributed by atoms with van der Waals surface area (Å²) in [6, 6.07) is 2.50. The highest BCUT2D eigenvalue weighted by molar-refractivity contribution is 5.80. The van der Waals surface area contributed by atoms with Crippen LogP contribution in [-0.4, -0.2) is 11.4 Å². The van der Waals surface area contributed by atoms with Crippen LogP contribution in [0.2, 0.25) is 0 Å². The summed E-state index contributed by atoms with van der Waals surface area (Å²) < 4.78 is 0. The molecule has 0 radical (unpaired) electrons. The van der Waals surface area contributed by atoms with Crippen molar-refractivity contribution in [1.82, 2.24) is 5.32 Å². The first kappa shape index (κ1) is 10.8. The smallest absolute Gasteiger partial charge is 0.221 e. The summed E-state index contributed by atoms with van der Waals surface area (Å²) in [7, 11) is 0. The maximum Gasteiger partial charge on any atom is 0.221 e. The maximum absolute atomic E-state index is 11.6. The van der Waals surface area contributed by atoms with E-state index in [1.807, 2.05) is 0 Å². The fourth-order valence-electron chi connectivity index (χ4n) is 5.82. The van der Waals surface area contributed by atoms with Gasteiger partial charge in [0.2, 0.25) is 5.91 Å². The largest absolute Gasteiger partial charge is 0.338 e. The maximum atomic E-state index is 11.6. The first-order chi connectivity index (χ1) is 8.70. The van der Waals surface area contributed by atoms with E-state index in [1.54, 1.807) is 0 Å². The lowest BCUT2D eigenvalue weighted by atomic mass is 9.48. The van der Waals surface area contributed by atoms with Gasteiger partial charge in [-0.05, 0) is 62.2 Å². The fourth-order valence-corrected chi connectivity index (χ4v) is 5.82. The Labute approximate surface area is 108 Å². The molecule has 1 unspecified atom stereocenters. The van der Waals surface area contributed by atoms with Crippen molar-refractivity contribution in [2.75, 3.05) is 0 Å². The van der Waals surface area contributed by atoms with Crippen LogP contribution >= 0.6 is 0 Å². The third-order valence-corrected chi connectivity index (χ3v) is 6.10. The van der Waals surface area contributed by atoms with Gasteiger partial charge < -0.3 is 5.32 Å². The molecule has 0 aromatic heterocycles. The first-order valence-corrected chi connectivity index (χ1v) is 7.42. The molecule has 1 saturated heterocycles. The minimum Gasteiger partial charge on any atom is -0.338 e. The van der Waals surface area contributed by atoms with E-state index in [1.165, 1.54) is 32.1 Å². The van der Waals surface area contributed by atoms with Gasteiger partial charge in [-0.2, -0.15) is 5.26 Å². The zero-order chi connectivity index (χ0) is 12.3. The molecule has 3 nitrogen and oxygen atoms in total. The number of nitriles is 1. The molecule has 5 aliphatic rings. The summed E-state index contributed by atoms with van der Waals surface area (Å²) in [5, 5.41) is 12.7. The molecular formula is C15H20N2O. The van der Waals surface area contributed by atoms with Gasteiger partial charge in [0.15, 0.2) is 0 Å². The molecule has 1 amide bonds. The van der Waals surface area contributed by atoms with Gasteiger partial charge in [0.05, 0.1) is 6.07 Å². The molecule has 0 aromatic rings. The molecule has 1 atom stereocenters. The molecule has 18 heavy (non-hydrogen) atoms. The van der Waals surface area contributed by atoms with Gasteiger partial charge in [-0.15, -0.1) is 0 Å². The second-order valence-corrected chi connectivity index (χ2v) is 7.09. The Morgan fingerprint density at radius 1 is 1.11 bits per heavy atom. The van der Waals surface area contributed by atoms with Crippen LogP contribution in [0.4, 0.5) is 0 Å². The minimum absolute atomic E-state index is 0.0883. The van der Waals surface area contributed by atoms with Crippen LogP contribution in [-0.2, 0) is 4.79 Å². The van der Waals surface area contributed by atoms with E-state index in [9.17, 15) is 10.1 Å². The molecule has 1 N–H and O–H groups in total. The van der Waals surface area contributed by atoms with E-state index in [0.717, 1.165) is 18.3 Å². The van der Waals surface area contributed by atoms with Crippen molar-refractivity contribution in [2.24, 2.45) is 29.6 Å². The van der Waals surface area contributed by atoms with Gasteiger partial charge in [-0.25, -0.2) is 0 Å². The van der Waals surface area contributed by atoms with Gasteiger partial charge in [-0.1, -0.05) is 0 Å². The van der Waals surface area contributed by atoms with Crippen LogP contribution in [0.5, 0.6) is 0 Å². The third kappa shape index (κ3) is 1.32. The molecule has 5 rings (SSSR count). The van der Waals surface area contributed by atoms with Crippen molar-refractivity contribution in [3.05, 3.63) is 0 Å². The number of carbonyl (C=O) groups excluding carboxylic acids is 1. The SMILES string of the molecule is N#CC1(C2C3CC4CC(C3)CC2C4)CCC(=O)N1. The highest BCUT2D eigenvalue weighted by Gasteiger charge is 2.57. The van der Waals surface area contributed by atoms with E-state index < -0.39 is 5.54 Å². The summed E-state index contributed by atoms with van der Waals surface area (Å²) in [5.74, 6) is 3.80. The fraction of sp³-hybridized carbons (Fsp3) is 0.867. The topological polar surface area (TPSA) is 52.9 Å². The van der Waals surface area contributed by atoms with E-state index >= 15 is 0 Å². The van der Waals surface area contributed by atoms with Crippen molar-refractivity contribution < 1.29 is 4.79 Å². The quantitative estimate of drug-likeness (QED) is 0.769. The molecule has 1 heterocycles. The Morgan fingerprint density at radius 2 is 1.72 bits per heavy atom. The van der Waals surface area contributed by atoms with Crippen LogP contribution in [0.3, 0.4) is 0 Å². The van der Waals surface area contributed by atoms with E-state index in [0.29, 0.717) is 24.2 Å². The Bertz CT molecular complexity index is 410. The van der Waals surface area contributed by atoms with Crippen molar-refractivity contribution in [3.8, 4) is 6.07 Å². The van der Waals surface area contributed by atoms with Crippen LogP contribution in [0, 0.1) is 40.9 Å². The van der Waals surface area contributed by atoms with Gasteiger partial charge in [0.25, 0.3) is 0 Å². The molecule has 4 bridgehead atoms. The lowest BCUT2D eigenvalue weighted by molar-refractivity contribution is -0.121. The normalized spacial score (nSPS) is 53.3. The standard InChI is InChI=1S/C15H20N2O/c16-8-15(2-1-13(18)17-15)14-11-4-9-3-10(6-11)7-12(14)5-9/h9-12,14H,1-7H2,(H,17,18). The van der Waals surface area contributed by atoms with E-state index in [2.05, 4.69) is 11.4 Å². The second kappa shape index (κ2) is 3.50. The van der Waals surface area contributed by atoms with E-state index in [4.69, 9.17) is 0 Å². The number of nitrogens with zero attached hydrogens (tertiary/aromatic N) is 1. The van der Waals surface area contributed by atoms with Crippen LogP contribution in [0.25, 0.3) is 0 Å². The Morgan fingerprint density at radius 3 is 2.17 bits per heavy atom. The van der Waals surface area contributed by atoms with E-state index in [-0.39, 0.29) is 5.91 Å². The molecule has 4 aliphatic carbocycles. The second-order valence-electron chi connectivity index (χ2n) is 7.09. The van der Waals surface area contributed by atoms with Gasteiger partial charge in [-0.3, -0.25) is 4.79 Å². The zero-order valence-corrected chi connectivity index (χ0v) is 10.7. The lowest BCUT2D eigenvalue weighted by Gasteiger charge is -2.57. The Balaban J connectivity index is 1.68. The highest BCUT2D eigenvalue weighted by Crippen LogP contribution is 2.60. The number of rotatable bonds is 1. The lowest BCUT2D eigenvalue weighted by Crippen LogP contribution is -2.58. The molecule has 96 valence electrons. The van der Waals surface area contributed by atoms with Crippen molar-refractivity contribution in [1.29, 1.82) is 5.26 Å². The summed E-state index contributed by atoms with van der Waals surface area (Å²) in [4.78, 5) is 11.6. The number of hydrogen-bond acceptors (Lipinski definition) is 2. The Kier molecular flexibility index (Phi) is 2.11. The Hall–Kier alpha value is -1.04. The molecule has 0 aromatic carbocycles. The highest BCUT2D eigenvalue weighted by atomic mass is 16.2. The molecule has 0 spiro atoms. The first-order valence-electron chi connectivity index (χ1n) is 7.42. The minimum atomic E-state index is -0.514. The number of hydrogen-bond donors (Lipinski definition) is 1. The van der Waals surface area contributed by atoms with Crippen LogP contribution in [0.15, 0.2) is 0 Å². The molecule has 3 heteroatoms. The average Bonchev–Trinajstić information content (AvgIpc) is 2.71. The summed E-state index contributed by atoms with van der Waals surface area (Å²) in [6.45, 7) is 0.